The Bertz CT molecular complexity index is 1390. The van der Waals surface area contributed by atoms with Crippen LogP contribution in [0.5, 0.6) is 0 Å². The van der Waals surface area contributed by atoms with Gasteiger partial charge in [0.1, 0.15) is 0 Å². The van der Waals surface area contributed by atoms with Crippen LogP contribution in [0.4, 0.5) is 0 Å². The molecular formula is C42H67GeOP. The normalized spacial score (nSPS) is 19.5. The predicted molar refractivity (Wildman–Crippen MR) is 207 cm³/mol. The van der Waals surface area contributed by atoms with Crippen molar-refractivity contribution in [3.63, 3.8) is 0 Å². The molecule has 0 amide bonds. The van der Waals surface area contributed by atoms with Crippen LogP contribution in [0.15, 0.2) is 36.1 Å². The third-order valence-corrected chi connectivity index (χ3v) is 23.8. The van der Waals surface area contributed by atoms with E-state index in [9.17, 15) is 0 Å². The van der Waals surface area contributed by atoms with E-state index in [1.807, 2.05) is 0 Å². The molecule has 250 valence electrons. The third-order valence-electron chi connectivity index (χ3n) is 9.68. The molecule has 0 N–H and O–H groups in total. The van der Waals surface area contributed by atoms with E-state index >= 15 is 0 Å². The van der Waals surface area contributed by atoms with Gasteiger partial charge < -0.3 is 0 Å². The van der Waals surface area contributed by atoms with Gasteiger partial charge in [-0.15, -0.1) is 0 Å². The summed E-state index contributed by atoms with van der Waals surface area (Å²) in [4.78, 5) is 0. The van der Waals surface area contributed by atoms with Crippen molar-refractivity contribution in [3.8, 4) is 0 Å². The molecule has 1 atom stereocenters. The monoisotopic (exact) mass is 692 g/mol. The molecule has 0 saturated heterocycles. The fourth-order valence-electron chi connectivity index (χ4n) is 6.84. The van der Waals surface area contributed by atoms with E-state index in [-0.39, 0.29) is 20.5 Å². The Morgan fingerprint density at radius 2 is 1.09 bits per heavy atom. The van der Waals surface area contributed by atoms with Gasteiger partial charge in [0, 0.05) is 0 Å². The number of allylic oxidation sites excluding steroid dienone is 2. The molecule has 1 aliphatic heterocycles. The standard InChI is InChI=1S/C42H67GeOP/c1-26(2)30-22-32(27(3)4)37(33(23-30)28(5)6)43(42(17,18)19)36(21-20-29(7)44-43)45-38-34(40(11,12)13)24-31(39(8,9)10)25-35(38)41(14,15)16/h20,22-28H,21H2,1-19H3. The van der Waals surface area contributed by atoms with Crippen LogP contribution in [0.2, 0.25) is 4.25 Å². The third kappa shape index (κ3) is 7.72. The van der Waals surface area contributed by atoms with E-state index < -0.39 is 13.6 Å². The van der Waals surface area contributed by atoms with E-state index in [1.165, 1.54) is 46.9 Å². The Labute approximate surface area is 283 Å². The molecule has 0 spiro atoms. The summed E-state index contributed by atoms with van der Waals surface area (Å²) < 4.78 is 10.9. The molecule has 0 aromatic heterocycles. The molecule has 2 aromatic carbocycles. The van der Waals surface area contributed by atoms with Crippen molar-refractivity contribution in [1.82, 2.24) is 0 Å². The average molecular weight is 692 g/mol. The molecule has 0 bridgehead atoms. The van der Waals surface area contributed by atoms with Crippen LogP contribution in [-0.4, -0.2) is 17.7 Å². The first-order chi connectivity index (χ1) is 20.2. The van der Waals surface area contributed by atoms with Gasteiger partial charge in [-0.1, -0.05) is 0 Å². The fourth-order valence-corrected chi connectivity index (χ4v) is 23.1. The van der Waals surface area contributed by atoms with Crippen LogP contribution in [0.25, 0.3) is 0 Å². The van der Waals surface area contributed by atoms with Gasteiger partial charge in [0.15, 0.2) is 0 Å². The Hall–Kier alpha value is -1.31. The number of hydrogen-bond donors (Lipinski definition) is 0. The second kappa shape index (κ2) is 13.0. The van der Waals surface area contributed by atoms with Gasteiger partial charge in [0.2, 0.25) is 0 Å². The molecular weight excluding hydrogens is 624 g/mol. The zero-order valence-corrected chi connectivity index (χ0v) is 35.7. The summed E-state index contributed by atoms with van der Waals surface area (Å²) in [6.07, 6.45) is 3.38. The first kappa shape index (κ1) is 38.1. The molecule has 0 aliphatic carbocycles. The van der Waals surface area contributed by atoms with Crippen molar-refractivity contribution >= 4 is 35.6 Å². The van der Waals surface area contributed by atoms with Crippen LogP contribution < -0.4 is 9.70 Å². The van der Waals surface area contributed by atoms with E-state index in [1.54, 1.807) is 8.52 Å². The quantitative estimate of drug-likeness (QED) is 0.224. The van der Waals surface area contributed by atoms with Crippen LogP contribution in [0, 0.1) is 0 Å². The Balaban J connectivity index is 2.67. The van der Waals surface area contributed by atoms with E-state index in [2.05, 4.69) is 162 Å². The summed E-state index contributed by atoms with van der Waals surface area (Å²) in [5, 5.41) is 1.52. The van der Waals surface area contributed by atoms with Gasteiger partial charge in [-0.2, -0.15) is 0 Å². The van der Waals surface area contributed by atoms with Crippen LogP contribution in [0.3, 0.4) is 0 Å². The average Bonchev–Trinajstić information content (AvgIpc) is 2.86. The van der Waals surface area contributed by atoms with Crippen LogP contribution in [-0.2, 0) is 20.0 Å². The summed E-state index contributed by atoms with van der Waals surface area (Å²) in [6, 6.07) is 10.2. The molecule has 1 nitrogen and oxygen atoms in total. The SMILES string of the molecule is CC1=CC[C](=Pc2c(C(C)(C)C)cc(C(C)(C)C)cc2C(C)(C)C)[Ge]([c]2c(C(C)C)cc(C(C)C)cc2C(C)C)([C](C)(C)C)[O]1. The summed E-state index contributed by atoms with van der Waals surface area (Å²) in [7, 11) is 1.36. The molecule has 0 fully saturated rings. The van der Waals surface area contributed by atoms with Gasteiger partial charge in [-0.25, -0.2) is 0 Å². The molecule has 0 radical (unpaired) electrons. The predicted octanol–water partition coefficient (Wildman–Crippen LogP) is 12.2. The molecule has 2 aromatic rings. The number of hydrogen-bond acceptors (Lipinski definition) is 1. The molecule has 3 heteroatoms. The maximum atomic E-state index is 7.62. The van der Waals surface area contributed by atoms with Gasteiger partial charge in [0.25, 0.3) is 0 Å². The molecule has 0 saturated carbocycles. The summed E-state index contributed by atoms with van der Waals surface area (Å²) >= 11 is -3.56. The fraction of sp³-hybridized carbons (Fsp3) is 0.643. The summed E-state index contributed by atoms with van der Waals surface area (Å²) in [5.41, 5.74) is 9.07. The first-order valence-electron chi connectivity index (χ1n) is 17.5. The zero-order chi connectivity index (χ0) is 34.7. The Morgan fingerprint density at radius 3 is 1.42 bits per heavy atom. The second-order valence-electron chi connectivity index (χ2n) is 18.8. The molecule has 3 rings (SSSR count). The maximum absolute atomic E-state index is 7.62. The number of rotatable bonds is 5. The Kier molecular flexibility index (Phi) is 11.0. The summed E-state index contributed by atoms with van der Waals surface area (Å²) in [5.74, 6) is 2.47. The van der Waals surface area contributed by atoms with Crippen molar-refractivity contribution in [2.75, 3.05) is 0 Å². The minimum atomic E-state index is -3.56. The zero-order valence-electron chi connectivity index (χ0n) is 32.7. The minimum absolute atomic E-state index is 0.000374. The van der Waals surface area contributed by atoms with Crippen molar-refractivity contribution in [1.29, 1.82) is 0 Å². The topological polar surface area (TPSA) is 9.23 Å². The van der Waals surface area contributed by atoms with Crippen LogP contribution >= 0.6 is 8.20 Å². The van der Waals surface area contributed by atoms with E-state index in [0.29, 0.717) is 17.8 Å². The van der Waals surface area contributed by atoms with Gasteiger partial charge in [-0.3, -0.25) is 0 Å². The number of benzene rings is 2. The molecule has 45 heavy (non-hydrogen) atoms. The van der Waals surface area contributed by atoms with Crippen LogP contribution in [0.1, 0.15) is 189 Å². The van der Waals surface area contributed by atoms with Gasteiger partial charge in [-0.05, 0) is 0 Å². The van der Waals surface area contributed by atoms with Crippen molar-refractivity contribution in [3.05, 3.63) is 69.5 Å². The summed E-state index contributed by atoms with van der Waals surface area (Å²) in [6.45, 7) is 45.5. The van der Waals surface area contributed by atoms with Crippen molar-refractivity contribution in [2.45, 2.75) is 176 Å². The van der Waals surface area contributed by atoms with Crippen molar-refractivity contribution in [2.24, 2.45) is 0 Å². The Morgan fingerprint density at radius 1 is 0.644 bits per heavy atom. The van der Waals surface area contributed by atoms with E-state index in [0.717, 1.165) is 12.2 Å². The van der Waals surface area contributed by atoms with Crippen molar-refractivity contribution < 1.29 is 3.76 Å². The molecule has 1 heterocycles. The second-order valence-corrected chi connectivity index (χ2v) is 29.7. The molecule has 1 unspecified atom stereocenters. The first-order valence-corrected chi connectivity index (χ1v) is 22.4. The molecule has 1 aliphatic rings. The van der Waals surface area contributed by atoms with Gasteiger partial charge >= 0.3 is 285 Å². The van der Waals surface area contributed by atoms with E-state index in [4.69, 9.17) is 3.76 Å². The van der Waals surface area contributed by atoms with Gasteiger partial charge in [0.05, 0.1) is 0 Å².